The molecule has 2 fully saturated rings. The second-order valence-corrected chi connectivity index (χ2v) is 5.16. The van der Waals surface area contributed by atoms with Gasteiger partial charge in [-0.2, -0.15) is 0 Å². The maximum atomic E-state index is 12.0. The van der Waals surface area contributed by atoms with Crippen molar-refractivity contribution in [3.05, 3.63) is 0 Å². The highest BCUT2D eigenvalue weighted by Crippen LogP contribution is 2.19. The lowest BCUT2D eigenvalue weighted by atomic mass is 9.96. The Bertz CT molecular complexity index is 327. The van der Waals surface area contributed by atoms with Gasteiger partial charge in [-0.25, -0.2) is 4.79 Å². The Labute approximate surface area is 112 Å². The van der Waals surface area contributed by atoms with Crippen molar-refractivity contribution in [1.82, 2.24) is 4.90 Å². The molecule has 2 atom stereocenters. The smallest absolute Gasteiger partial charge is 0.334 e. The lowest BCUT2D eigenvalue weighted by Gasteiger charge is -2.31. The van der Waals surface area contributed by atoms with Crippen LogP contribution < -0.4 is 0 Å². The molecule has 1 N–H and O–H groups in total. The third-order valence-electron chi connectivity index (χ3n) is 3.72. The highest BCUT2D eigenvalue weighted by atomic mass is 16.5. The molecule has 2 saturated heterocycles. The molecule has 0 aromatic heterocycles. The standard InChI is InChI=1S/C13H21NO5/c15-12(4-3-10-2-1-6-18-9-10)14-5-7-19-11(8-14)13(16)17/h10-11H,1-9H2,(H,16,17)/t10-,11+/m0/s1. The molecule has 0 bridgehead atoms. The molecule has 1 amide bonds. The van der Waals surface area contributed by atoms with E-state index in [9.17, 15) is 9.59 Å². The van der Waals surface area contributed by atoms with E-state index in [2.05, 4.69) is 0 Å². The summed E-state index contributed by atoms with van der Waals surface area (Å²) in [5.74, 6) is -0.507. The molecule has 0 unspecified atom stereocenters. The number of rotatable bonds is 4. The highest BCUT2D eigenvalue weighted by molar-refractivity contribution is 5.78. The fraction of sp³-hybridized carbons (Fsp3) is 0.846. The summed E-state index contributed by atoms with van der Waals surface area (Å²) in [6.07, 6.45) is 2.61. The van der Waals surface area contributed by atoms with Crippen LogP contribution in [0.15, 0.2) is 0 Å². The number of carboxylic acid groups (broad SMARTS) is 1. The fourth-order valence-electron chi connectivity index (χ4n) is 2.55. The van der Waals surface area contributed by atoms with Gasteiger partial charge in [0, 0.05) is 26.2 Å². The van der Waals surface area contributed by atoms with Gasteiger partial charge < -0.3 is 19.5 Å². The van der Waals surface area contributed by atoms with E-state index in [4.69, 9.17) is 14.6 Å². The molecule has 0 radical (unpaired) electrons. The first-order valence-electron chi connectivity index (χ1n) is 6.86. The maximum absolute atomic E-state index is 12.0. The van der Waals surface area contributed by atoms with Crippen LogP contribution in [0.5, 0.6) is 0 Å². The minimum atomic E-state index is -1.00. The van der Waals surface area contributed by atoms with Crippen LogP contribution in [0.4, 0.5) is 0 Å². The summed E-state index contributed by atoms with van der Waals surface area (Å²) in [5, 5.41) is 8.89. The van der Waals surface area contributed by atoms with Gasteiger partial charge in [0.15, 0.2) is 6.10 Å². The molecule has 108 valence electrons. The summed E-state index contributed by atoms with van der Waals surface area (Å²) < 4.78 is 10.5. The number of carboxylic acids is 1. The van der Waals surface area contributed by atoms with Crippen molar-refractivity contribution in [1.29, 1.82) is 0 Å². The average Bonchev–Trinajstić information content (AvgIpc) is 2.46. The van der Waals surface area contributed by atoms with Crippen LogP contribution in [0.1, 0.15) is 25.7 Å². The van der Waals surface area contributed by atoms with Gasteiger partial charge in [0.1, 0.15) is 0 Å². The third kappa shape index (κ3) is 4.18. The van der Waals surface area contributed by atoms with Crippen LogP contribution in [-0.2, 0) is 19.1 Å². The molecule has 2 heterocycles. The van der Waals surface area contributed by atoms with E-state index < -0.39 is 12.1 Å². The van der Waals surface area contributed by atoms with E-state index in [0.717, 1.165) is 32.5 Å². The zero-order valence-corrected chi connectivity index (χ0v) is 11.0. The molecule has 2 aliphatic rings. The largest absolute Gasteiger partial charge is 0.479 e. The Morgan fingerprint density at radius 3 is 2.84 bits per heavy atom. The zero-order chi connectivity index (χ0) is 13.7. The van der Waals surface area contributed by atoms with Crippen molar-refractivity contribution in [2.75, 3.05) is 32.9 Å². The van der Waals surface area contributed by atoms with Gasteiger partial charge in [-0.3, -0.25) is 4.79 Å². The van der Waals surface area contributed by atoms with Crippen molar-refractivity contribution in [3.63, 3.8) is 0 Å². The number of carbonyl (C=O) groups excluding carboxylic acids is 1. The Kier molecular flexibility index (Phi) is 5.15. The average molecular weight is 271 g/mol. The number of amides is 1. The number of morpholine rings is 1. The molecule has 0 spiro atoms. The van der Waals surface area contributed by atoms with E-state index in [-0.39, 0.29) is 12.5 Å². The van der Waals surface area contributed by atoms with Gasteiger partial charge in [0.25, 0.3) is 0 Å². The van der Waals surface area contributed by atoms with Crippen LogP contribution in [0.25, 0.3) is 0 Å². The number of aliphatic carboxylic acids is 1. The van der Waals surface area contributed by atoms with Gasteiger partial charge in [-0.05, 0) is 25.2 Å². The molecule has 0 saturated carbocycles. The molecule has 0 aromatic rings. The number of carbonyl (C=O) groups is 2. The maximum Gasteiger partial charge on any atom is 0.334 e. The summed E-state index contributed by atoms with van der Waals surface area (Å²) in [4.78, 5) is 24.5. The molecule has 6 nitrogen and oxygen atoms in total. The first-order valence-corrected chi connectivity index (χ1v) is 6.86. The quantitative estimate of drug-likeness (QED) is 0.806. The van der Waals surface area contributed by atoms with Crippen molar-refractivity contribution in [2.24, 2.45) is 5.92 Å². The Balaban J connectivity index is 1.74. The van der Waals surface area contributed by atoms with Gasteiger partial charge in [0.2, 0.25) is 5.91 Å². The van der Waals surface area contributed by atoms with Gasteiger partial charge in [0.05, 0.1) is 13.2 Å². The summed E-state index contributed by atoms with van der Waals surface area (Å²) in [5.41, 5.74) is 0. The van der Waals surface area contributed by atoms with Crippen molar-refractivity contribution in [2.45, 2.75) is 31.8 Å². The minimum Gasteiger partial charge on any atom is -0.479 e. The molecule has 2 rings (SSSR count). The second kappa shape index (κ2) is 6.86. The van der Waals surface area contributed by atoms with Crippen LogP contribution in [-0.4, -0.2) is 60.9 Å². The SMILES string of the molecule is O=C(O)[C@H]1CN(C(=O)CC[C@@H]2CCCOC2)CCO1. The normalized spacial score (nSPS) is 28.1. The molecular weight excluding hydrogens is 250 g/mol. The number of ether oxygens (including phenoxy) is 2. The van der Waals surface area contributed by atoms with Crippen LogP contribution in [0, 0.1) is 5.92 Å². The van der Waals surface area contributed by atoms with Crippen LogP contribution in [0.2, 0.25) is 0 Å². The van der Waals surface area contributed by atoms with Gasteiger partial charge in [-0.1, -0.05) is 0 Å². The number of hydrogen-bond acceptors (Lipinski definition) is 4. The monoisotopic (exact) mass is 271 g/mol. The van der Waals surface area contributed by atoms with E-state index in [1.807, 2.05) is 0 Å². The minimum absolute atomic E-state index is 0.0279. The molecular formula is C13H21NO5. The summed E-state index contributed by atoms with van der Waals surface area (Å²) in [6, 6.07) is 0. The highest BCUT2D eigenvalue weighted by Gasteiger charge is 2.29. The van der Waals surface area contributed by atoms with E-state index >= 15 is 0 Å². The predicted octanol–water partition coefficient (Wildman–Crippen LogP) is 0.505. The van der Waals surface area contributed by atoms with Crippen molar-refractivity contribution >= 4 is 11.9 Å². The van der Waals surface area contributed by atoms with Gasteiger partial charge in [-0.15, -0.1) is 0 Å². The lowest BCUT2D eigenvalue weighted by molar-refractivity contribution is -0.159. The van der Waals surface area contributed by atoms with E-state index in [1.165, 1.54) is 0 Å². The molecule has 0 aliphatic carbocycles. The van der Waals surface area contributed by atoms with E-state index in [1.54, 1.807) is 4.90 Å². The van der Waals surface area contributed by atoms with Gasteiger partial charge >= 0.3 is 5.97 Å². The first-order chi connectivity index (χ1) is 9.16. The predicted molar refractivity (Wildman–Crippen MR) is 66.7 cm³/mol. The van der Waals surface area contributed by atoms with Crippen molar-refractivity contribution in [3.8, 4) is 0 Å². The van der Waals surface area contributed by atoms with E-state index in [0.29, 0.717) is 25.5 Å². The second-order valence-electron chi connectivity index (χ2n) is 5.16. The lowest BCUT2D eigenvalue weighted by Crippen LogP contribution is -2.48. The van der Waals surface area contributed by atoms with Crippen LogP contribution >= 0.6 is 0 Å². The zero-order valence-electron chi connectivity index (χ0n) is 11.0. The summed E-state index contributed by atoms with van der Waals surface area (Å²) in [7, 11) is 0. The molecule has 19 heavy (non-hydrogen) atoms. The van der Waals surface area contributed by atoms with Crippen LogP contribution in [0.3, 0.4) is 0 Å². The third-order valence-corrected chi connectivity index (χ3v) is 3.72. The summed E-state index contributed by atoms with van der Waals surface area (Å²) in [6.45, 7) is 2.52. The topological polar surface area (TPSA) is 76.1 Å². The fourth-order valence-corrected chi connectivity index (χ4v) is 2.55. The molecule has 6 heteroatoms. The van der Waals surface area contributed by atoms with Crippen molar-refractivity contribution < 1.29 is 24.2 Å². The summed E-state index contributed by atoms with van der Waals surface area (Å²) >= 11 is 0. The number of hydrogen-bond donors (Lipinski definition) is 1. The number of nitrogens with zero attached hydrogens (tertiary/aromatic N) is 1. The Morgan fingerprint density at radius 1 is 1.32 bits per heavy atom. The Hall–Kier alpha value is -1.14. The molecule has 0 aromatic carbocycles. The Morgan fingerprint density at radius 2 is 2.16 bits per heavy atom. The molecule has 2 aliphatic heterocycles. The first kappa shape index (κ1) is 14.3.